The van der Waals surface area contributed by atoms with Crippen LogP contribution in [0, 0.1) is 23.5 Å². The lowest BCUT2D eigenvalue weighted by molar-refractivity contribution is -0.175. The average Bonchev–Trinajstić information content (AvgIpc) is 2.70. The van der Waals surface area contributed by atoms with E-state index in [9.17, 15) is 8.78 Å². The van der Waals surface area contributed by atoms with Crippen molar-refractivity contribution in [2.24, 2.45) is 11.8 Å². The number of ether oxygens (including phenoxy) is 3. The number of hydrogen-bond donors (Lipinski definition) is 0. The molecule has 2 atom stereocenters. The summed E-state index contributed by atoms with van der Waals surface area (Å²) in [5, 5.41) is 0. The van der Waals surface area contributed by atoms with Crippen LogP contribution >= 0.6 is 0 Å². The van der Waals surface area contributed by atoms with E-state index >= 15 is 0 Å². The fourth-order valence-electron chi connectivity index (χ4n) is 4.46. The van der Waals surface area contributed by atoms with E-state index in [4.69, 9.17) is 14.2 Å². The summed E-state index contributed by atoms with van der Waals surface area (Å²) >= 11 is 0. The molecule has 0 N–H and O–H groups in total. The van der Waals surface area contributed by atoms with Crippen LogP contribution in [0.25, 0.3) is 0 Å². The zero-order valence-corrected chi connectivity index (χ0v) is 16.5. The smallest absolute Gasteiger partial charge is 0.200 e. The van der Waals surface area contributed by atoms with E-state index < -0.39 is 11.6 Å². The highest BCUT2D eigenvalue weighted by Crippen LogP contribution is 2.35. The molecule has 3 nitrogen and oxygen atoms in total. The van der Waals surface area contributed by atoms with Gasteiger partial charge >= 0.3 is 0 Å². The summed E-state index contributed by atoms with van der Waals surface area (Å²) in [5.74, 6) is -0.430. The van der Waals surface area contributed by atoms with Crippen LogP contribution in [0.5, 0.6) is 5.75 Å². The molecule has 1 saturated carbocycles. The van der Waals surface area contributed by atoms with Gasteiger partial charge in [0.15, 0.2) is 17.9 Å². The third kappa shape index (κ3) is 5.20. The van der Waals surface area contributed by atoms with Gasteiger partial charge in [0.1, 0.15) is 0 Å². The zero-order chi connectivity index (χ0) is 19.2. The van der Waals surface area contributed by atoms with Crippen LogP contribution in [0.3, 0.4) is 0 Å². The number of halogens is 2. The predicted octanol–water partition coefficient (Wildman–Crippen LogP) is 5.82. The topological polar surface area (TPSA) is 27.7 Å². The Bertz CT molecular complexity index is 591. The zero-order valence-electron chi connectivity index (χ0n) is 16.5. The highest BCUT2D eigenvalue weighted by atomic mass is 19.2. The minimum absolute atomic E-state index is 0.0668. The molecule has 2 unspecified atom stereocenters. The summed E-state index contributed by atoms with van der Waals surface area (Å²) in [6.07, 6.45) is 8.98. The van der Waals surface area contributed by atoms with Crippen LogP contribution in [-0.4, -0.2) is 26.6 Å². The highest BCUT2D eigenvalue weighted by Gasteiger charge is 2.28. The van der Waals surface area contributed by atoms with Crippen molar-refractivity contribution in [2.75, 3.05) is 20.3 Å². The SMILES string of the molecule is CCCC1CCC(COC2CCC(c3ccc(OC)c(F)c3F)CO2)CC1. The van der Waals surface area contributed by atoms with Crippen LogP contribution in [0.4, 0.5) is 8.78 Å². The molecule has 1 aromatic rings. The van der Waals surface area contributed by atoms with Gasteiger partial charge in [-0.05, 0) is 49.1 Å². The molecular weight excluding hydrogens is 350 g/mol. The fraction of sp³-hybridized carbons (Fsp3) is 0.727. The normalized spacial score (nSPS) is 28.9. The number of rotatable bonds is 7. The van der Waals surface area contributed by atoms with Gasteiger partial charge in [-0.25, -0.2) is 4.39 Å². The molecular formula is C22H32F2O3. The van der Waals surface area contributed by atoms with Gasteiger partial charge in [-0.15, -0.1) is 0 Å². The Hall–Kier alpha value is -1.20. The number of hydrogen-bond acceptors (Lipinski definition) is 3. The molecule has 3 rings (SSSR count). The molecule has 5 heteroatoms. The standard InChI is InChI=1S/C22H32F2O3/c1-3-4-15-5-7-16(8-6-15)13-26-20-12-9-17(14-27-20)18-10-11-19(25-2)22(24)21(18)23/h10-11,15-17,20H,3-9,12-14H2,1-2H3. The Kier molecular flexibility index (Phi) is 7.48. The lowest BCUT2D eigenvalue weighted by atomic mass is 9.80. The monoisotopic (exact) mass is 382 g/mol. The third-order valence-electron chi connectivity index (χ3n) is 6.15. The maximum Gasteiger partial charge on any atom is 0.200 e. The molecule has 1 aromatic carbocycles. The van der Waals surface area contributed by atoms with Crippen LogP contribution < -0.4 is 4.74 Å². The number of methoxy groups -OCH3 is 1. The lowest BCUT2D eigenvalue weighted by Crippen LogP contribution is -2.30. The molecule has 0 amide bonds. The molecule has 1 saturated heterocycles. The Morgan fingerprint density at radius 1 is 1.00 bits per heavy atom. The minimum Gasteiger partial charge on any atom is -0.494 e. The summed E-state index contributed by atoms with van der Waals surface area (Å²) in [7, 11) is 1.33. The molecule has 152 valence electrons. The van der Waals surface area contributed by atoms with Crippen LogP contribution in [0.15, 0.2) is 12.1 Å². The minimum atomic E-state index is -0.924. The Morgan fingerprint density at radius 2 is 1.74 bits per heavy atom. The molecule has 0 aromatic heterocycles. The van der Waals surface area contributed by atoms with Gasteiger partial charge in [-0.2, -0.15) is 4.39 Å². The maximum absolute atomic E-state index is 14.3. The van der Waals surface area contributed by atoms with E-state index in [1.54, 1.807) is 6.07 Å². The van der Waals surface area contributed by atoms with Crippen LogP contribution in [0.2, 0.25) is 0 Å². The van der Waals surface area contributed by atoms with Crippen molar-refractivity contribution in [3.05, 3.63) is 29.3 Å². The van der Waals surface area contributed by atoms with Crippen molar-refractivity contribution in [3.8, 4) is 5.75 Å². The maximum atomic E-state index is 14.3. The van der Waals surface area contributed by atoms with E-state index in [0.29, 0.717) is 24.5 Å². The summed E-state index contributed by atoms with van der Waals surface area (Å²) in [4.78, 5) is 0. The molecule has 27 heavy (non-hydrogen) atoms. The molecule has 2 fully saturated rings. The summed E-state index contributed by atoms with van der Waals surface area (Å²) in [6.45, 7) is 3.37. The van der Waals surface area contributed by atoms with Crippen molar-refractivity contribution in [3.63, 3.8) is 0 Å². The second-order valence-corrected chi connectivity index (χ2v) is 8.03. The molecule has 0 spiro atoms. The van der Waals surface area contributed by atoms with E-state index in [1.165, 1.54) is 51.7 Å². The number of benzene rings is 1. The van der Waals surface area contributed by atoms with Crippen LogP contribution in [-0.2, 0) is 9.47 Å². The first kappa shape index (κ1) is 20.5. The first-order chi connectivity index (χ1) is 13.1. The Morgan fingerprint density at radius 3 is 2.37 bits per heavy atom. The second-order valence-electron chi connectivity index (χ2n) is 8.03. The van der Waals surface area contributed by atoms with E-state index in [-0.39, 0.29) is 18.0 Å². The Balaban J connectivity index is 1.43. The molecule has 1 aliphatic carbocycles. The van der Waals surface area contributed by atoms with E-state index in [1.807, 2.05) is 0 Å². The van der Waals surface area contributed by atoms with E-state index in [0.717, 1.165) is 18.9 Å². The summed E-state index contributed by atoms with van der Waals surface area (Å²) < 4.78 is 44.8. The van der Waals surface area contributed by atoms with Crippen molar-refractivity contribution in [1.29, 1.82) is 0 Å². The molecule has 1 aliphatic heterocycles. The van der Waals surface area contributed by atoms with Crippen molar-refractivity contribution in [2.45, 2.75) is 70.5 Å². The second kappa shape index (κ2) is 9.83. The van der Waals surface area contributed by atoms with Crippen LogP contribution in [0.1, 0.15) is 69.8 Å². The van der Waals surface area contributed by atoms with Gasteiger partial charge < -0.3 is 14.2 Å². The summed E-state index contributed by atoms with van der Waals surface area (Å²) in [5.41, 5.74) is 0.362. The van der Waals surface area contributed by atoms with Gasteiger partial charge in [-0.3, -0.25) is 0 Å². The van der Waals surface area contributed by atoms with Gasteiger partial charge in [0.2, 0.25) is 5.82 Å². The predicted molar refractivity (Wildman–Crippen MR) is 101 cm³/mol. The van der Waals surface area contributed by atoms with Crippen molar-refractivity contribution >= 4 is 0 Å². The van der Waals surface area contributed by atoms with E-state index in [2.05, 4.69) is 6.92 Å². The molecule has 0 radical (unpaired) electrons. The van der Waals surface area contributed by atoms with Gasteiger partial charge in [0, 0.05) is 5.92 Å². The lowest BCUT2D eigenvalue weighted by Gasteiger charge is -2.32. The molecule has 2 aliphatic rings. The van der Waals surface area contributed by atoms with Gasteiger partial charge in [-0.1, -0.05) is 38.7 Å². The third-order valence-corrected chi connectivity index (χ3v) is 6.15. The highest BCUT2D eigenvalue weighted by molar-refractivity contribution is 5.33. The Labute approximate surface area is 161 Å². The van der Waals surface area contributed by atoms with Crippen molar-refractivity contribution < 1.29 is 23.0 Å². The average molecular weight is 382 g/mol. The largest absolute Gasteiger partial charge is 0.494 e. The quantitative estimate of drug-likeness (QED) is 0.595. The summed E-state index contributed by atoms with van der Waals surface area (Å²) in [6, 6.07) is 3.08. The first-order valence-electron chi connectivity index (χ1n) is 10.4. The first-order valence-corrected chi connectivity index (χ1v) is 10.4. The van der Waals surface area contributed by atoms with Gasteiger partial charge in [0.25, 0.3) is 0 Å². The van der Waals surface area contributed by atoms with Gasteiger partial charge in [0.05, 0.1) is 20.3 Å². The fourth-order valence-corrected chi connectivity index (χ4v) is 4.46. The van der Waals surface area contributed by atoms with Crippen molar-refractivity contribution in [1.82, 2.24) is 0 Å². The molecule has 1 heterocycles. The molecule has 0 bridgehead atoms.